The van der Waals surface area contributed by atoms with E-state index in [2.05, 4.69) is 27.5 Å². The molecule has 0 saturated carbocycles. The van der Waals surface area contributed by atoms with Gasteiger partial charge in [-0.1, -0.05) is 6.92 Å². The van der Waals surface area contributed by atoms with Gasteiger partial charge in [0.15, 0.2) is 0 Å². The number of nitrogen functional groups attached to an aromatic ring is 1. The lowest BCUT2D eigenvalue weighted by molar-refractivity contribution is -0.118. The Morgan fingerprint density at radius 3 is 2.82 bits per heavy atom. The Bertz CT molecular complexity index is 380. The van der Waals surface area contributed by atoms with Crippen LogP contribution in [0.2, 0.25) is 0 Å². The Hall–Kier alpha value is -1.85. The quantitative estimate of drug-likeness (QED) is 0.629. The molecule has 0 fully saturated rings. The predicted octanol–water partition coefficient (Wildman–Crippen LogP) is 0.559. The van der Waals surface area contributed by atoms with Crippen LogP contribution in [0.15, 0.2) is 6.07 Å². The molecule has 0 radical (unpaired) electrons. The van der Waals surface area contributed by atoms with Crippen molar-refractivity contribution in [3.63, 3.8) is 0 Å². The highest BCUT2D eigenvalue weighted by molar-refractivity contribution is 5.72. The van der Waals surface area contributed by atoms with Crippen molar-refractivity contribution in [3.8, 4) is 0 Å². The molecule has 1 amide bonds. The number of anilines is 2. The fourth-order valence-corrected chi connectivity index (χ4v) is 1.37. The van der Waals surface area contributed by atoms with Crippen LogP contribution in [-0.4, -0.2) is 29.0 Å². The number of rotatable bonds is 6. The lowest BCUT2D eigenvalue weighted by Gasteiger charge is -2.08. The van der Waals surface area contributed by atoms with Gasteiger partial charge in [0.2, 0.25) is 5.91 Å². The zero-order valence-corrected chi connectivity index (χ0v) is 10.3. The number of nitrogens with one attached hydrogen (secondary N) is 2. The summed E-state index contributed by atoms with van der Waals surface area (Å²) in [6.45, 7) is 4.72. The minimum absolute atomic E-state index is 0.0410. The molecule has 0 aliphatic carbocycles. The van der Waals surface area contributed by atoms with Crippen LogP contribution in [0, 0.1) is 0 Å². The number of aromatic nitrogens is 2. The molecule has 6 heteroatoms. The summed E-state index contributed by atoms with van der Waals surface area (Å²) < 4.78 is 0. The van der Waals surface area contributed by atoms with Crippen molar-refractivity contribution < 1.29 is 4.79 Å². The van der Waals surface area contributed by atoms with E-state index in [4.69, 9.17) is 5.73 Å². The third-order valence-electron chi connectivity index (χ3n) is 2.07. The van der Waals surface area contributed by atoms with Crippen LogP contribution in [-0.2, 0) is 11.2 Å². The lowest BCUT2D eigenvalue weighted by atomic mass is 10.3. The highest BCUT2D eigenvalue weighted by Crippen LogP contribution is 2.08. The van der Waals surface area contributed by atoms with E-state index in [-0.39, 0.29) is 5.91 Å². The highest BCUT2D eigenvalue weighted by Gasteiger charge is 2.01. The third-order valence-corrected chi connectivity index (χ3v) is 2.07. The first-order valence-corrected chi connectivity index (χ1v) is 5.73. The molecule has 1 aromatic heterocycles. The summed E-state index contributed by atoms with van der Waals surface area (Å²) in [6, 6.07) is 1.69. The van der Waals surface area contributed by atoms with Gasteiger partial charge in [-0.3, -0.25) is 4.79 Å². The van der Waals surface area contributed by atoms with Gasteiger partial charge in [-0.05, 0) is 6.42 Å². The average molecular weight is 237 g/mol. The molecule has 6 nitrogen and oxygen atoms in total. The van der Waals surface area contributed by atoms with Crippen LogP contribution in [0.3, 0.4) is 0 Å². The zero-order valence-electron chi connectivity index (χ0n) is 10.3. The van der Waals surface area contributed by atoms with E-state index in [1.807, 2.05) is 0 Å². The maximum absolute atomic E-state index is 10.7. The molecule has 0 aromatic carbocycles. The van der Waals surface area contributed by atoms with Crippen LogP contribution in [0.1, 0.15) is 26.1 Å². The Morgan fingerprint density at radius 2 is 2.18 bits per heavy atom. The van der Waals surface area contributed by atoms with E-state index >= 15 is 0 Å². The largest absolute Gasteiger partial charge is 0.384 e. The fourth-order valence-electron chi connectivity index (χ4n) is 1.37. The minimum atomic E-state index is -0.0410. The first-order valence-electron chi connectivity index (χ1n) is 5.73. The Kier molecular flexibility index (Phi) is 5.19. The molecule has 0 aliphatic heterocycles. The molecule has 0 spiro atoms. The average Bonchev–Trinajstić information content (AvgIpc) is 2.24. The molecule has 1 rings (SSSR count). The van der Waals surface area contributed by atoms with Crippen molar-refractivity contribution in [2.75, 3.05) is 24.1 Å². The molecule has 1 heterocycles. The van der Waals surface area contributed by atoms with Gasteiger partial charge in [-0.2, -0.15) is 0 Å². The number of carbonyl (C=O) groups is 1. The molecule has 1 aromatic rings. The third kappa shape index (κ3) is 5.14. The van der Waals surface area contributed by atoms with Gasteiger partial charge < -0.3 is 16.4 Å². The van der Waals surface area contributed by atoms with Crippen molar-refractivity contribution in [3.05, 3.63) is 11.9 Å². The van der Waals surface area contributed by atoms with Crippen LogP contribution in [0.5, 0.6) is 0 Å². The first-order chi connectivity index (χ1) is 8.11. The second-order valence-electron chi connectivity index (χ2n) is 3.75. The molecule has 0 aliphatic rings. The fraction of sp³-hybridized carbons (Fsp3) is 0.545. The van der Waals surface area contributed by atoms with Crippen molar-refractivity contribution in [2.45, 2.75) is 26.7 Å². The van der Waals surface area contributed by atoms with Crippen LogP contribution >= 0.6 is 0 Å². The highest BCUT2D eigenvalue weighted by atomic mass is 16.1. The molecule has 4 N–H and O–H groups in total. The van der Waals surface area contributed by atoms with Gasteiger partial charge in [-0.25, -0.2) is 9.97 Å². The van der Waals surface area contributed by atoms with Gasteiger partial charge >= 0.3 is 0 Å². The second-order valence-corrected chi connectivity index (χ2v) is 3.75. The molecular weight excluding hydrogens is 218 g/mol. The van der Waals surface area contributed by atoms with Gasteiger partial charge in [0, 0.05) is 32.5 Å². The van der Waals surface area contributed by atoms with Crippen LogP contribution in [0.25, 0.3) is 0 Å². The zero-order chi connectivity index (χ0) is 12.7. The lowest BCUT2D eigenvalue weighted by Crippen LogP contribution is -2.26. The van der Waals surface area contributed by atoms with E-state index in [0.29, 0.717) is 24.7 Å². The summed E-state index contributed by atoms with van der Waals surface area (Å²) in [5, 5.41) is 5.79. The molecule has 0 atom stereocenters. The Balaban J connectivity index is 2.49. The maximum atomic E-state index is 10.7. The number of aryl methyl sites for hydroxylation is 1. The van der Waals surface area contributed by atoms with E-state index < -0.39 is 0 Å². The van der Waals surface area contributed by atoms with E-state index in [1.54, 1.807) is 6.07 Å². The number of hydrogen-bond acceptors (Lipinski definition) is 5. The van der Waals surface area contributed by atoms with Gasteiger partial charge in [0.1, 0.15) is 17.5 Å². The number of amides is 1. The molecule has 94 valence electrons. The van der Waals surface area contributed by atoms with Crippen molar-refractivity contribution >= 4 is 17.5 Å². The summed E-state index contributed by atoms with van der Waals surface area (Å²) in [7, 11) is 0. The molecule has 0 bridgehead atoms. The summed E-state index contributed by atoms with van der Waals surface area (Å²) in [4.78, 5) is 19.1. The Labute approximate surface area is 101 Å². The number of nitrogens with two attached hydrogens (primary N) is 1. The first kappa shape index (κ1) is 13.2. The van der Waals surface area contributed by atoms with Crippen LogP contribution in [0.4, 0.5) is 11.6 Å². The number of nitrogens with zero attached hydrogens (tertiary/aromatic N) is 2. The van der Waals surface area contributed by atoms with Crippen molar-refractivity contribution in [1.82, 2.24) is 15.3 Å². The molecular formula is C11H19N5O. The number of hydrogen-bond donors (Lipinski definition) is 3. The summed E-state index contributed by atoms with van der Waals surface area (Å²) in [5.74, 6) is 1.87. The minimum Gasteiger partial charge on any atom is -0.384 e. The summed E-state index contributed by atoms with van der Waals surface area (Å²) in [6.07, 6.45) is 1.79. The standard InChI is InChI=1S/C11H19N5O/c1-3-4-10-15-9(12)7-11(16-10)14-6-5-13-8(2)17/h7H,3-6H2,1-2H3,(H,13,17)(H3,12,14,15,16). The van der Waals surface area contributed by atoms with E-state index in [9.17, 15) is 4.79 Å². The summed E-state index contributed by atoms with van der Waals surface area (Å²) in [5.41, 5.74) is 5.68. The molecule has 0 unspecified atom stereocenters. The van der Waals surface area contributed by atoms with E-state index in [0.717, 1.165) is 18.7 Å². The second kappa shape index (κ2) is 6.67. The van der Waals surface area contributed by atoms with Gasteiger partial charge in [-0.15, -0.1) is 0 Å². The van der Waals surface area contributed by atoms with Gasteiger partial charge in [0.05, 0.1) is 0 Å². The normalized spacial score (nSPS) is 10.0. The Morgan fingerprint density at radius 1 is 1.41 bits per heavy atom. The smallest absolute Gasteiger partial charge is 0.216 e. The maximum Gasteiger partial charge on any atom is 0.216 e. The van der Waals surface area contributed by atoms with Crippen molar-refractivity contribution in [1.29, 1.82) is 0 Å². The molecule has 17 heavy (non-hydrogen) atoms. The summed E-state index contributed by atoms with van der Waals surface area (Å²) >= 11 is 0. The monoisotopic (exact) mass is 237 g/mol. The topological polar surface area (TPSA) is 92.9 Å². The van der Waals surface area contributed by atoms with Gasteiger partial charge in [0.25, 0.3) is 0 Å². The number of carbonyl (C=O) groups excluding carboxylic acids is 1. The van der Waals surface area contributed by atoms with E-state index in [1.165, 1.54) is 6.92 Å². The molecule has 0 saturated heterocycles. The SMILES string of the molecule is CCCc1nc(N)cc(NCCNC(C)=O)n1. The van der Waals surface area contributed by atoms with Crippen LogP contribution < -0.4 is 16.4 Å². The van der Waals surface area contributed by atoms with Crippen molar-refractivity contribution in [2.24, 2.45) is 0 Å². The predicted molar refractivity (Wildman–Crippen MR) is 67.6 cm³/mol.